The maximum Gasteiger partial charge on any atom is 0.277 e. The van der Waals surface area contributed by atoms with Gasteiger partial charge in [-0.1, -0.05) is 22.9 Å². The van der Waals surface area contributed by atoms with E-state index < -0.39 is 5.91 Å². The van der Waals surface area contributed by atoms with Crippen molar-refractivity contribution in [2.75, 3.05) is 10.6 Å². The first-order valence-electron chi connectivity index (χ1n) is 7.94. The van der Waals surface area contributed by atoms with Gasteiger partial charge in [0.2, 0.25) is 5.91 Å². The quantitative estimate of drug-likeness (QED) is 0.500. The van der Waals surface area contributed by atoms with Gasteiger partial charge in [0.25, 0.3) is 5.91 Å². The standard InChI is InChI=1S/C17H11ClN6O2S2/c18-9-1-2-11-13(5-9)28-17(22-11)23-14(25)6-10-8-27-16(21-10)24-15(26)12-7-19-3-4-20-12/h1-5,7-8H,6H2,(H,21,24,26)(H,22,23,25). The number of carbonyl (C=O) groups is 2. The first-order chi connectivity index (χ1) is 13.6. The third-order valence-electron chi connectivity index (χ3n) is 3.51. The third-order valence-corrected chi connectivity index (χ3v) is 5.48. The zero-order valence-corrected chi connectivity index (χ0v) is 16.4. The molecule has 11 heteroatoms. The first-order valence-corrected chi connectivity index (χ1v) is 10.0. The highest BCUT2D eigenvalue weighted by Crippen LogP contribution is 2.28. The molecule has 0 bridgehead atoms. The molecule has 8 nitrogen and oxygen atoms in total. The van der Waals surface area contributed by atoms with Crippen molar-refractivity contribution in [3.63, 3.8) is 0 Å². The van der Waals surface area contributed by atoms with Crippen molar-refractivity contribution in [3.8, 4) is 0 Å². The molecule has 3 aromatic heterocycles. The molecule has 140 valence electrons. The Hall–Kier alpha value is -2.95. The monoisotopic (exact) mass is 430 g/mol. The summed E-state index contributed by atoms with van der Waals surface area (Å²) in [4.78, 5) is 40.7. The summed E-state index contributed by atoms with van der Waals surface area (Å²) < 4.78 is 0.894. The van der Waals surface area contributed by atoms with Crippen LogP contribution in [0.5, 0.6) is 0 Å². The fraction of sp³-hybridized carbons (Fsp3) is 0.0588. The summed E-state index contributed by atoms with van der Waals surface area (Å²) in [6, 6.07) is 5.36. The van der Waals surface area contributed by atoms with Crippen LogP contribution in [0.4, 0.5) is 10.3 Å². The summed E-state index contributed by atoms with van der Waals surface area (Å²) in [5.74, 6) is -0.658. The average Bonchev–Trinajstić information content (AvgIpc) is 3.28. The average molecular weight is 431 g/mol. The fourth-order valence-electron chi connectivity index (χ4n) is 2.30. The number of fused-ring (bicyclic) bond motifs is 1. The smallest absolute Gasteiger partial charge is 0.277 e. The SMILES string of the molecule is O=C(Cc1csc(NC(=O)c2cnccn2)n1)Nc1nc2ccc(Cl)cc2s1. The van der Waals surface area contributed by atoms with Gasteiger partial charge in [-0.2, -0.15) is 0 Å². The number of hydrogen-bond donors (Lipinski definition) is 2. The van der Waals surface area contributed by atoms with E-state index in [4.69, 9.17) is 11.6 Å². The zero-order chi connectivity index (χ0) is 19.5. The number of benzene rings is 1. The van der Waals surface area contributed by atoms with E-state index >= 15 is 0 Å². The van der Waals surface area contributed by atoms with Crippen molar-refractivity contribution in [3.05, 3.63) is 58.6 Å². The minimum absolute atomic E-state index is 0.0637. The van der Waals surface area contributed by atoms with Crippen LogP contribution in [0.3, 0.4) is 0 Å². The second kappa shape index (κ2) is 7.97. The van der Waals surface area contributed by atoms with Gasteiger partial charge in [0, 0.05) is 22.8 Å². The van der Waals surface area contributed by atoms with E-state index in [1.54, 1.807) is 23.6 Å². The molecule has 4 rings (SSSR count). The van der Waals surface area contributed by atoms with E-state index in [0.29, 0.717) is 21.0 Å². The van der Waals surface area contributed by atoms with Crippen molar-refractivity contribution in [1.29, 1.82) is 0 Å². The number of aromatic nitrogens is 4. The lowest BCUT2D eigenvalue weighted by molar-refractivity contribution is -0.115. The summed E-state index contributed by atoms with van der Waals surface area (Å²) in [5.41, 5.74) is 1.50. The number of halogens is 1. The molecule has 4 aromatic rings. The van der Waals surface area contributed by atoms with Crippen LogP contribution in [-0.2, 0) is 11.2 Å². The molecule has 28 heavy (non-hydrogen) atoms. The van der Waals surface area contributed by atoms with Crippen LogP contribution in [0.2, 0.25) is 5.02 Å². The highest BCUT2D eigenvalue weighted by Gasteiger charge is 2.13. The van der Waals surface area contributed by atoms with E-state index in [2.05, 4.69) is 30.6 Å². The lowest BCUT2D eigenvalue weighted by Crippen LogP contribution is -2.15. The molecule has 0 radical (unpaired) electrons. The lowest BCUT2D eigenvalue weighted by atomic mass is 10.3. The fourth-order valence-corrected chi connectivity index (χ4v) is 4.17. The first kappa shape index (κ1) is 18.4. The van der Waals surface area contributed by atoms with E-state index in [9.17, 15) is 9.59 Å². The van der Waals surface area contributed by atoms with Crippen LogP contribution in [0, 0.1) is 0 Å². The van der Waals surface area contributed by atoms with Crippen molar-refractivity contribution in [2.45, 2.75) is 6.42 Å². The van der Waals surface area contributed by atoms with Crippen molar-refractivity contribution in [2.24, 2.45) is 0 Å². The second-order valence-corrected chi connectivity index (χ2v) is 7.87. The van der Waals surface area contributed by atoms with Gasteiger partial charge in [-0.15, -0.1) is 11.3 Å². The van der Waals surface area contributed by atoms with Gasteiger partial charge in [0.15, 0.2) is 10.3 Å². The van der Waals surface area contributed by atoms with E-state index in [1.165, 1.54) is 41.3 Å². The van der Waals surface area contributed by atoms with Crippen molar-refractivity contribution < 1.29 is 9.59 Å². The van der Waals surface area contributed by atoms with Gasteiger partial charge in [0.1, 0.15) is 5.69 Å². The molecule has 0 aliphatic rings. The van der Waals surface area contributed by atoms with Crippen molar-refractivity contribution in [1.82, 2.24) is 19.9 Å². The molecule has 2 amide bonds. The third kappa shape index (κ3) is 4.30. The molecule has 0 spiro atoms. The highest BCUT2D eigenvalue weighted by atomic mass is 35.5. The number of nitrogens with one attached hydrogen (secondary N) is 2. The summed E-state index contributed by atoms with van der Waals surface area (Å²) in [6.07, 6.45) is 4.34. The minimum atomic E-state index is -0.411. The van der Waals surface area contributed by atoms with Crippen LogP contribution in [0.1, 0.15) is 16.2 Å². The Labute approximate surface area is 171 Å². The van der Waals surface area contributed by atoms with Gasteiger partial charge in [-0.25, -0.2) is 15.0 Å². The maximum absolute atomic E-state index is 12.3. The molecule has 0 saturated heterocycles. The Morgan fingerprint density at radius 2 is 2.00 bits per heavy atom. The summed E-state index contributed by atoms with van der Waals surface area (Å²) in [7, 11) is 0. The number of anilines is 2. The summed E-state index contributed by atoms with van der Waals surface area (Å²) in [5, 5.41) is 8.60. The van der Waals surface area contributed by atoms with E-state index in [-0.39, 0.29) is 18.0 Å². The predicted molar refractivity (Wildman–Crippen MR) is 109 cm³/mol. The molecule has 0 aliphatic carbocycles. The summed E-state index contributed by atoms with van der Waals surface area (Å²) in [6.45, 7) is 0. The predicted octanol–water partition coefficient (Wildman–Crippen LogP) is 3.63. The molecular formula is C17H11ClN6O2S2. The highest BCUT2D eigenvalue weighted by molar-refractivity contribution is 7.22. The number of amides is 2. The van der Waals surface area contributed by atoms with E-state index in [1.807, 2.05) is 0 Å². The number of nitrogens with zero attached hydrogens (tertiary/aromatic N) is 4. The zero-order valence-electron chi connectivity index (χ0n) is 14.0. The number of rotatable bonds is 5. The second-order valence-electron chi connectivity index (χ2n) is 5.54. The molecule has 0 fully saturated rings. The van der Waals surface area contributed by atoms with Gasteiger partial charge in [-0.05, 0) is 18.2 Å². The van der Waals surface area contributed by atoms with Crippen LogP contribution < -0.4 is 10.6 Å². The van der Waals surface area contributed by atoms with Crippen LogP contribution in [-0.4, -0.2) is 31.8 Å². The maximum atomic E-state index is 12.3. The van der Waals surface area contributed by atoms with Gasteiger partial charge < -0.3 is 5.32 Å². The van der Waals surface area contributed by atoms with Crippen LogP contribution in [0.15, 0.2) is 42.2 Å². The molecular weight excluding hydrogens is 420 g/mol. The molecule has 0 saturated carbocycles. The Kier molecular flexibility index (Phi) is 5.24. The molecule has 2 N–H and O–H groups in total. The van der Waals surface area contributed by atoms with Crippen LogP contribution in [0.25, 0.3) is 10.2 Å². The lowest BCUT2D eigenvalue weighted by Gasteiger charge is -2.00. The van der Waals surface area contributed by atoms with Crippen LogP contribution >= 0.6 is 34.3 Å². The number of hydrogen-bond acceptors (Lipinski definition) is 8. The number of thiazole rings is 2. The van der Waals surface area contributed by atoms with Crippen molar-refractivity contribution >= 4 is 66.6 Å². The molecule has 3 heterocycles. The summed E-state index contributed by atoms with van der Waals surface area (Å²) >= 11 is 8.54. The van der Waals surface area contributed by atoms with Gasteiger partial charge >= 0.3 is 0 Å². The molecule has 0 aliphatic heterocycles. The number of carbonyl (C=O) groups excluding carboxylic acids is 2. The minimum Gasteiger partial charge on any atom is -0.302 e. The Morgan fingerprint density at radius 1 is 1.11 bits per heavy atom. The van der Waals surface area contributed by atoms with E-state index in [0.717, 1.165) is 10.2 Å². The molecule has 1 aromatic carbocycles. The Morgan fingerprint density at radius 3 is 2.82 bits per heavy atom. The molecule has 0 unspecified atom stereocenters. The van der Waals surface area contributed by atoms with Gasteiger partial charge in [0.05, 0.1) is 28.5 Å². The molecule has 0 atom stereocenters. The Bertz CT molecular complexity index is 1160. The van der Waals surface area contributed by atoms with Gasteiger partial charge in [-0.3, -0.25) is 19.9 Å². The normalized spacial score (nSPS) is 10.8. The topological polar surface area (TPSA) is 110 Å². The largest absolute Gasteiger partial charge is 0.302 e. The Balaban J connectivity index is 1.37.